The Kier molecular flexibility index (Phi) is 5.76. The van der Waals surface area contributed by atoms with Crippen LogP contribution in [0.4, 0.5) is 0 Å². The number of hydrogen-bond donors (Lipinski definition) is 0. The Labute approximate surface area is 184 Å². The van der Waals surface area contributed by atoms with E-state index in [1.54, 1.807) is 0 Å². The highest BCUT2D eigenvalue weighted by Crippen LogP contribution is 2.36. The summed E-state index contributed by atoms with van der Waals surface area (Å²) in [7, 11) is 0. The lowest BCUT2D eigenvalue weighted by Gasteiger charge is -2.24. The molecule has 0 fully saturated rings. The van der Waals surface area contributed by atoms with E-state index in [1.807, 2.05) is 0 Å². The summed E-state index contributed by atoms with van der Waals surface area (Å²) >= 11 is 0. The molecule has 0 N–H and O–H groups in total. The summed E-state index contributed by atoms with van der Waals surface area (Å²) in [6, 6.07) is 25.2. The standard InChI is InChI=1S/C30H38/c1-28(2,3)25-14-10-12-21(17-25)23-16-24(20-27(19-23)30(7,8)9)22-13-11-15-26(18-22)29(4,5)6/h10-20H,1-9H3. The van der Waals surface area contributed by atoms with Crippen LogP contribution < -0.4 is 0 Å². The van der Waals surface area contributed by atoms with Crippen molar-refractivity contribution in [2.75, 3.05) is 0 Å². The van der Waals surface area contributed by atoms with Crippen LogP contribution in [0, 0.1) is 0 Å². The second kappa shape index (κ2) is 7.73. The van der Waals surface area contributed by atoms with Crippen LogP contribution in [0.3, 0.4) is 0 Å². The van der Waals surface area contributed by atoms with Gasteiger partial charge in [0.25, 0.3) is 0 Å². The first-order valence-corrected chi connectivity index (χ1v) is 11.1. The maximum Gasteiger partial charge on any atom is -0.0131 e. The Hall–Kier alpha value is -2.34. The molecule has 0 aliphatic carbocycles. The molecule has 0 radical (unpaired) electrons. The molecule has 0 heteroatoms. The van der Waals surface area contributed by atoms with Crippen molar-refractivity contribution < 1.29 is 0 Å². The molecule has 3 aromatic carbocycles. The maximum absolute atomic E-state index is 2.37. The zero-order valence-electron chi connectivity index (χ0n) is 20.4. The first-order chi connectivity index (χ1) is 13.7. The van der Waals surface area contributed by atoms with E-state index in [9.17, 15) is 0 Å². The van der Waals surface area contributed by atoms with Crippen LogP contribution in [0.2, 0.25) is 0 Å². The molecule has 0 amide bonds. The lowest BCUT2D eigenvalue weighted by Crippen LogP contribution is -2.12. The predicted molar refractivity (Wildman–Crippen MR) is 133 cm³/mol. The van der Waals surface area contributed by atoms with Gasteiger partial charge in [0, 0.05) is 0 Å². The van der Waals surface area contributed by atoms with Crippen LogP contribution in [0.25, 0.3) is 22.3 Å². The van der Waals surface area contributed by atoms with Crippen molar-refractivity contribution in [3.8, 4) is 22.3 Å². The Morgan fingerprint density at radius 1 is 0.367 bits per heavy atom. The molecule has 0 bridgehead atoms. The molecule has 0 aliphatic heterocycles. The maximum atomic E-state index is 2.37. The van der Waals surface area contributed by atoms with Crippen molar-refractivity contribution in [2.24, 2.45) is 0 Å². The number of benzene rings is 3. The van der Waals surface area contributed by atoms with Crippen LogP contribution in [-0.2, 0) is 16.2 Å². The number of rotatable bonds is 2. The van der Waals surface area contributed by atoms with Crippen molar-refractivity contribution >= 4 is 0 Å². The van der Waals surface area contributed by atoms with Crippen LogP contribution in [0.1, 0.15) is 79.0 Å². The van der Waals surface area contributed by atoms with E-state index in [1.165, 1.54) is 38.9 Å². The lowest BCUT2D eigenvalue weighted by molar-refractivity contribution is 0.589. The summed E-state index contributed by atoms with van der Waals surface area (Å²) in [5.41, 5.74) is 9.67. The zero-order chi connectivity index (χ0) is 22.3. The molecule has 3 rings (SSSR count). The molecule has 0 unspecified atom stereocenters. The average molecular weight is 399 g/mol. The monoisotopic (exact) mass is 398 g/mol. The minimum Gasteiger partial charge on any atom is -0.0614 e. The highest BCUT2D eigenvalue weighted by Gasteiger charge is 2.19. The quantitative estimate of drug-likeness (QED) is 0.404. The largest absolute Gasteiger partial charge is 0.0614 e. The molecular formula is C30H38. The van der Waals surface area contributed by atoms with Gasteiger partial charge in [0.05, 0.1) is 0 Å². The molecule has 0 saturated heterocycles. The van der Waals surface area contributed by atoms with Gasteiger partial charge in [-0.15, -0.1) is 0 Å². The fourth-order valence-electron chi connectivity index (χ4n) is 3.72. The SMILES string of the molecule is CC(C)(C)c1cccc(-c2cc(-c3cccc(C(C)(C)C)c3)cc(C(C)(C)C)c2)c1. The van der Waals surface area contributed by atoms with Crippen LogP contribution in [0.15, 0.2) is 66.7 Å². The van der Waals surface area contributed by atoms with Crippen molar-refractivity contribution in [1.82, 2.24) is 0 Å². The summed E-state index contributed by atoms with van der Waals surface area (Å²) in [5.74, 6) is 0. The molecule has 0 aromatic heterocycles. The highest BCUT2D eigenvalue weighted by molar-refractivity contribution is 5.75. The van der Waals surface area contributed by atoms with Crippen LogP contribution in [0.5, 0.6) is 0 Å². The minimum atomic E-state index is 0.0913. The second-order valence-electron chi connectivity index (χ2n) is 11.7. The van der Waals surface area contributed by atoms with Gasteiger partial charge in [0.15, 0.2) is 0 Å². The molecule has 0 heterocycles. The molecule has 0 aliphatic rings. The summed E-state index contributed by atoms with van der Waals surface area (Å²) in [6.45, 7) is 20.6. The summed E-state index contributed by atoms with van der Waals surface area (Å²) in [6.07, 6.45) is 0. The van der Waals surface area contributed by atoms with E-state index in [2.05, 4.69) is 129 Å². The van der Waals surface area contributed by atoms with Gasteiger partial charge >= 0.3 is 0 Å². The zero-order valence-corrected chi connectivity index (χ0v) is 20.4. The van der Waals surface area contributed by atoms with Gasteiger partial charge in [-0.05, 0) is 61.3 Å². The lowest BCUT2D eigenvalue weighted by atomic mass is 9.81. The molecule has 3 aromatic rings. The van der Waals surface area contributed by atoms with Gasteiger partial charge in [-0.1, -0.05) is 123 Å². The third-order valence-electron chi connectivity index (χ3n) is 5.92. The topological polar surface area (TPSA) is 0 Å². The normalized spacial score (nSPS) is 12.8. The van der Waals surface area contributed by atoms with E-state index in [0.29, 0.717) is 0 Å². The number of hydrogen-bond acceptors (Lipinski definition) is 0. The van der Waals surface area contributed by atoms with E-state index >= 15 is 0 Å². The molecular weight excluding hydrogens is 360 g/mol. The van der Waals surface area contributed by atoms with Crippen molar-refractivity contribution in [1.29, 1.82) is 0 Å². The summed E-state index contributed by atoms with van der Waals surface area (Å²) < 4.78 is 0. The van der Waals surface area contributed by atoms with E-state index in [4.69, 9.17) is 0 Å². The molecule has 0 saturated carbocycles. The van der Waals surface area contributed by atoms with Gasteiger partial charge in [-0.3, -0.25) is 0 Å². The van der Waals surface area contributed by atoms with E-state index in [-0.39, 0.29) is 16.2 Å². The third kappa shape index (κ3) is 5.04. The summed E-state index contributed by atoms with van der Waals surface area (Å²) in [4.78, 5) is 0. The first-order valence-electron chi connectivity index (χ1n) is 11.1. The molecule has 0 nitrogen and oxygen atoms in total. The Morgan fingerprint density at radius 3 is 1.03 bits per heavy atom. The van der Waals surface area contributed by atoms with Crippen LogP contribution in [-0.4, -0.2) is 0 Å². The van der Waals surface area contributed by atoms with Crippen molar-refractivity contribution in [3.63, 3.8) is 0 Å². The van der Waals surface area contributed by atoms with Crippen LogP contribution >= 0.6 is 0 Å². The fourth-order valence-corrected chi connectivity index (χ4v) is 3.72. The Bertz CT molecular complexity index is 955. The van der Waals surface area contributed by atoms with Crippen molar-refractivity contribution in [3.05, 3.63) is 83.4 Å². The van der Waals surface area contributed by atoms with E-state index < -0.39 is 0 Å². The highest BCUT2D eigenvalue weighted by atomic mass is 14.2. The van der Waals surface area contributed by atoms with Gasteiger partial charge < -0.3 is 0 Å². The molecule has 0 atom stereocenters. The predicted octanol–water partition coefficient (Wildman–Crippen LogP) is 8.91. The van der Waals surface area contributed by atoms with E-state index in [0.717, 1.165) is 0 Å². The third-order valence-corrected chi connectivity index (χ3v) is 5.92. The van der Waals surface area contributed by atoms with Gasteiger partial charge in [0.2, 0.25) is 0 Å². The fraction of sp³-hybridized carbons (Fsp3) is 0.400. The van der Waals surface area contributed by atoms with Gasteiger partial charge in [-0.25, -0.2) is 0 Å². The minimum absolute atomic E-state index is 0.0913. The Morgan fingerprint density at radius 2 is 0.700 bits per heavy atom. The molecule has 0 spiro atoms. The van der Waals surface area contributed by atoms with Gasteiger partial charge in [-0.2, -0.15) is 0 Å². The Balaban J connectivity index is 2.20. The molecule has 158 valence electrons. The van der Waals surface area contributed by atoms with Crippen molar-refractivity contribution in [2.45, 2.75) is 78.6 Å². The average Bonchev–Trinajstić information content (AvgIpc) is 2.66. The first kappa shape index (κ1) is 22.3. The summed E-state index contributed by atoms with van der Waals surface area (Å²) in [5, 5.41) is 0. The molecule has 30 heavy (non-hydrogen) atoms. The smallest absolute Gasteiger partial charge is 0.0131 e. The van der Waals surface area contributed by atoms with Gasteiger partial charge in [0.1, 0.15) is 0 Å². The second-order valence-corrected chi connectivity index (χ2v) is 11.7.